The molecular weight excluding hydrogens is 700 g/mol. The summed E-state index contributed by atoms with van der Waals surface area (Å²) in [4.78, 5) is 38.9. The predicted molar refractivity (Wildman–Crippen MR) is 182 cm³/mol. The Kier molecular flexibility index (Phi) is 13.3. The molecule has 1 spiro atoms. The highest BCUT2D eigenvalue weighted by Gasteiger charge is 2.61. The Bertz CT molecular complexity index is 1320. The molecule has 0 aliphatic carbocycles. The van der Waals surface area contributed by atoms with E-state index in [1.807, 2.05) is 0 Å². The maximum Gasteiger partial charge on any atom is 0.509 e. The van der Waals surface area contributed by atoms with Crippen molar-refractivity contribution in [1.29, 1.82) is 0 Å². The smallest absolute Gasteiger partial charge is 0.459 e. The van der Waals surface area contributed by atoms with Crippen LogP contribution < -0.4 is 0 Å². The van der Waals surface area contributed by atoms with Crippen LogP contribution in [0.15, 0.2) is 12.2 Å². The number of epoxide rings is 1. The van der Waals surface area contributed by atoms with Gasteiger partial charge in [-0.05, 0) is 53.4 Å². The first-order chi connectivity index (χ1) is 24.9. The van der Waals surface area contributed by atoms with Gasteiger partial charge in [-0.25, -0.2) is 9.59 Å². The number of carbonyl (C=O) groups is 3. The standard InChI is InChI=1S/C37H58O16/c1-17-10-13-26(39)48-20(4)23(16-46-33-31(45-9)30(44-8)27(40)21(5)49-33)29-24(51-29)11-12-25(38)36(7,43)14-18(2)28(17)52-34-32(41)37(15-19(3)47-34)22(6)50-35(42)53-37/h10,13,17-24,27-34,40-41,43H,11-12,14-16H2,1-9H3/b13-10-/t17-,18-,19+,20+,21+,22-,23+,24-,27+,28+,29-,30+,31+,32-,33+,34-,36-,37-/m0/s1. The molecule has 16 heteroatoms. The number of carbonyl (C=O) groups excluding carboxylic acids is 3. The molecule has 0 aromatic rings. The topological polar surface area (TPSA) is 207 Å². The summed E-state index contributed by atoms with van der Waals surface area (Å²) < 4.78 is 58.3. The normalized spacial score (nSPS) is 49.1. The number of fused-ring (bicyclic) bond motifs is 1. The van der Waals surface area contributed by atoms with Gasteiger partial charge in [0.1, 0.15) is 42.2 Å². The fourth-order valence-corrected chi connectivity index (χ4v) is 8.36. The van der Waals surface area contributed by atoms with E-state index in [1.165, 1.54) is 27.2 Å². The van der Waals surface area contributed by atoms with Crippen molar-refractivity contribution in [2.24, 2.45) is 17.8 Å². The van der Waals surface area contributed by atoms with Gasteiger partial charge in [0.15, 0.2) is 24.0 Å². The van der Waals surface area contributed by atoms with Crippen LogP contribution in [-0.4, -0.2) is 145 Å². The van der Waals surface area contributed by atoms with Crippen molar-refractivity contribution in [3.63, 3.8) is 0 Å². The molecule has 16 nitrogen and oxygen atoms in total. The zero-order valence-corrected chi connectivity index (χ0v) is 32.1. The molecule has 5 aliphatic heterocycles. The van der Waals surface area contributed by atoms with Crippen molar-refractivity contribution < 1.29 is 77.1 Å². The quantitative estimate of drug-likeness (QED) is 0.251. The zero-order chi connectivity index (χ0) is 39.0. The molecule has 5 aliphatic rings. The van der Waals surface area contributed by atoms with E-state index >= 15 is 0 Å². The number of aliphatic hydroxyl groups excluding tert-OH is 2. The second-order valence-corrected chi connectivity index (χ2v) is 15.6. The molecule has 0 aromatic heterocycles. The first-order valence-corrected chi connectivity index (χ1v) is 18.6. The van der Waals surface area contributed by atoms with Gasteiger partial charge in [-0.2, -0.15) is 0 Å². The molecule has 0 unspecified atom stereocenters. The van der Waals surface area contributed by atoms with Gasteiger partial charge in [0, 0.05) is 45.0 Å². The van der Waals surface area contributed by atoms with Crippen molar-refractivity contribution >= 4 is 17.9 Å². The number of cyclic esters (lactones) is 2. The summed E-state index contributed by atoms with van der Waals surface area (Å²) in [5.74, 6) is -2.49. The molecule has 3 N–H and O–H groups in total. The fraction of sp³-hybridized carbons (Fsp3) is 0.865. The van der Waals surface area contributed by atoms with Crippen molar-refractivity contribution in [2.75, 3.05) is 20.8 Å². The summed E-state index contributed by atoms with van der Waals surface area (Å²) in [5, 5.41) is 33.5. The molecule has 4 saturated heterocycles. The van der Waals surface area contributed by atoms with E-state index in [0.717, 1.165) is 0 Å². The van der Waals surface area contributed by atoms with E-state index < -0.39 is 115 Å². The Morgan fingerprint density at radius 2 is 1.57 bits per heavy atom. The predicted octanol–water partition coefficient (Wildman–Crippen LogP) is 1.96. The minimum atomic E-state index is -1.74. The average molecular weight is 759 g/mol. The summed E-state index contributed by atoms with van der Waals surface area (Å²) in [7, 11) is 2.94. The van der Waals surface area contributed by atoms with E-state index in [4.69, 9.17) is 47.4 Å². The van der Waals surface area contributed by atoms with Gasteiger partial charge in [-0.15, -0.1) is 0 Å². The number of hydrogen-bond acceptors (Lipinski definition) is 16. The highest BCUT2D eigenvalue weighted by molar-refractivity contribution is 5.86. The van der Waals surface area contributed by atoms with Crippen LogP contribution in [0.2, 0.25) is 0 Å². The Labute approximate surface area is 310 Å². The summed E-state index contributed by atoms with van der Waals surface area (Å²) >= 11 is 0. The lowest BCUT2D eigenvalue weighted by molar-refractivity contribution is -0.309. The Morgan fingerprint density at radius 3 is 2.21 bits per heavy atom. The van der Waals surface area contributed by atoms with Crippen molar-refractivity contribution in [3.8, 4) is 0 Å². The molecule has 0 aromatic carbocycles. The van der Waals surface area contributed by atoms with Crippen molar-refractivity contribution in [1.82, 2.24) is 0 Å². The second kappa shape index (κ2) is 16.9. The summed E-state index contributed by atoms with van der Waals surface area (Å²) in [6.07, 6.45) is -7.59. The van der Waals surface area contributed by atoms with E-state index in [1.54, 1.807) is 47.6 Å². The van der Waals surface area contributed by atoms with E-state index in [0.29, 0.717) is 6.42 Å². The summed E-state index contributed by atoms with van der Waals surface area (Å²) in [6.45, 7) is 11.9. The van der Waals surface area contributed by atoms with Gasteiger partial charge in [0.2, 0.25) is 0 Å². The molecule has 302 valence electrons. The number of hydrogen-bond donors (Lipinski definition) is 3. The Balaban J connectivity index is 1.35. The maximum atomic E-state index is 13.5. The molecule has 0 amide bonds. The lowest BCUT2D eigenvalue weighted by atomic mass is 9.80. The first-order valence-electron chi connectivity index (χ1n) is 18.6. The SMILES string of the molecule is CO[C@@H]1[C@H](O)[C@@H](C)O[C@@H](OC[C@H]2[C@@H]3O[C@H]3CCC(=O)[C@@](C)(O)C[C@H](C)[C@H](O[C@@H]3O[C@H](C)C[C@@]4(OC(=O)O[C@H]4C)[C@H]3O)[C@@H](C)/C=C\C(=O)O[C@@H]2C)[C@@H]1OC. The van der Waals surface area contributed by atoms with Crippen LogP contribution in [0.25, 0.3) is 0 Å². The molecular formula is C37H58O16. The minimum absolute atomic E-state index is 0.00275. The van der Waals surface area contributed by atoms with Crippen LogP contribution in [0, 0.1) is 17.8 Å². The molecule has 0 saturated carbocycles. The molecule has 53 heavy (non-hydrogen) atoms. The van der Waals surface area contributed by atoms with Crippen molar-refractivity contribution in [3.05, 3.63) is 12.2 Å². The van der Waals surface area contributed by atoms with Gasteiger partial charge >= 0.3 is 12.1 Å². The van der Waals surface area contributed by atoms with E-state index in [2.05, 4.69) is 0 Å². The number of methoxy groups -OCH3 is 2. The van der Waals surface area contributed by atoms with Crippen molar-refractivity contribution in [2.45, 2.75) is 165 Å². The lowest BCUT2D eigenvalue weighted by Crippen LogP contribution is -2.62. The number of Topliss-reactive ketones (excluding diaryl/α,β-unsaturated/α-hetero) is 1. The van der Waals surface area contributed by atoms with Crippen LogP contribution in [0.3, 0.4) is 0 Å². The van der Waals surface area contributed by atoms with Crippen LogP contribution in [0.4, 0.5) is 4.79 Å². The van der Waals surface area contributed by atoms with Gasteiger partial charge in [-0.3, -0.25) is 4.79 Å². The third kappa shape index (κ3) is 9.08. The van der Waals surface area contributed by atoms with Gasteiger partial charge in [0.25, 0.3) is 0 Å². The third-order valence-electron chi connectivity index (χ3n) is 11.6. The van der Waals surface area contributed by atoms with Crippen LogP contribution in [0.5, 0.6) is 0 Å². The van der Waals surface area contributed by atoms with Crippen LogP contribution in [0.1, 0.15) is 74.1 Å². The largest absolute Gasteiger partial charge is 0.509 e. The number of ketones is 1. The number of aliphatic hydroxyl groups is 3. The van der Waals surface area contributed by atoms with Gasteiger partial charge < -0.3 is 62.7 Å². The molecule has 0 bridgehead atoms. The average Bonchev–Trinajstić information content (AvgIpc) is 3.79. The van der Waals surface area contributed by atoms with Crippen LogP contribution in [-0.2, 0) is 57.0 Å². The monoisotopic (exact) mass is 758 g/mol. The summed E-state index contributed by atoms with van der Waals surface area (Å²) in [5.41, 5.74) is -3.14. The van der Waals surface area contributed by atoms with Gasteiger partial charge in [-0.1, -0.05) is 19.9 Å². The minimum Gasteiger partial charge on any atom is -0.459 e. The fourth-order valence-electron chi connectivity index (χ4n) is 8.36. The number of rotatable bonds is 7. The molecule has 4 fully saturated rings. The highest BCUT2D eigenvalue weighted by Crippen LogP contribution is 2.43. The Morgan fingerprint density at radius 1 is 0.868 bits per heavy atom. The maximum absolute atomic E-state index is 13.5. The van der Waals surface area contributed by atoms with E-state index in [9.17, 15) is 29.7 Å². The molecule has 18 atom stereocenters. The number of esters is 1. The summed E-state index contributed by atoms with van der Waals surface area (Å²) in [6, 6.07) is 0. The molecule has 5 heterocycles. The zero-order valence-electron chi connectivity index (χ0n) is 32.1. The molecule has 0 radical (unpaired) electrons. The highest BCUT2D eigenvalue weighted by atomic mass is 16.8. The first kappa shape index (κ1) is 41.9. The number of ether oxygens (including phenoxy) is 10. The van der Waals surface area contributed by atoms with Crippen LogP contribution >= 0.6 is 0 Å². The second-order valence-electron chi connectivity index (χ2n) is 15.6. The third-order valence-corrected chi connectivity index (χ3v) is 11.6. The molecule has 5 rings (SSSR count). The van der Waals surface area contributed by atoms with E-state index in [-0.39, 0.29) is 37.8 Å². The lowest BCUT2D eigenvalue weighted by Gasteiger charge is -2.46. The Hall–Kier alpha value is -2.25. The van der Waals surface area contributed by atoms with Gasteiger partial charge in [0.05, 0.1) is 37.1 Å².